The summed E-state index contributed by atoms with van der Waals surface area (Å²) in [5, 5.41) is 9.22. The largest absolute Gasteiger partial charge is 0.349 e. The van der Waals surface area contributed by atoms with E-state index in [1.54, 1.807) is 6.33 Å². The Morgan fingerprint density at radius 2 is 1.81 bits per heavy atom. The molecule has 4 heterocycles. The van der Waals surface area contributed by atoms with E-state index < -0.39 is 0 Å². The normalized spacial score (nSPS) is 20.3. The minimum atomic E-state index is 0.253. The summed E-state index contributed by atoms with van der Waals surface area (Å²) in [5.74, 6) is 1.96. The maximum absolute atomic E-state index is 6.19. The molecule has 3 atom stereocenters. The molecule has 1 fully saturated rings. The molecule has 0 bridgehead atoms. The molecule has 1 aliphatic heterocycles. The van der Waals surface area contributed by atoms with E-state index in [9.17, 15) is 0 Å². The standard InChI is InChI=1S/C26H36ClN9/c1-17(2)23(20-7-9-21(27)10-8-20)34-13-19(4)35(14-18(34)3)24-22-25(36-16-29-31-26(36)30-24)33(15-28-22)12-11-32(5)6/h7-10,15-19,23H,11-14H2,1-6H3/t18-,19+,23?/m1/s1. The first kappa shape index (κ1) is 24.9. The third kappa shape index (κ3) is 4.55. The predicted octanol–water partition coefficient (Wildman–Crippen LogP) is 3.99. The number of rotatable bonds is 7. The van der Waals surface area contributed by atoms with E-state index in [4.69, 9.17) is 21.6 Å². The van der Waals surface area contributed by atoms with Gasteiger partial charge in [0.25, 0.3) is 5.78 Å². The minimum absolute atomic E-state index is 0.253. The Morgan fingerprint density at radius 3 is 2.50 bits per heavy atom. The zero-order valence-corrected chi connectivity index (χ0v) is 22.8. The fourth-order valence-corrected chi connectivity index (χ4v) is 5.64. The second-order valence-electron chi connectivity index (χ2n) is 10.6. The number of anilines is 1. The number of fused-ring (bicyclic) bond motifs is 3. The summed E-state index contributed by atoms with van der Waals surface area (Å²) in [5.41, 5.74) is 3.20. The molecule has 1 aromatic carbocycles. The molecule has 0 N–H and O–H groups in total. The van der Waals surface area contributed by atoms with Crippen LogP contribution in [0.2, 0.25) is 5.02 Å². The lowest BCUT2D eigenvalue weighted by Gasteiger charge is -2.49. The Kier molecular flexibility index (Phi) is 6.89. The van der Waals surface area contributed by atoms with Gasteiger partial charge < -0.3 is 14.4 Å². The summed E-state index contributed by atoms with van der Waals surface area (Å²) in [4.78, 5) is 17.0. The van der Waals surface area contributed by atoms with Crippen LogP contribution < -0.4 is 4.90 Å². The number of likely N-dealkylation sites (N-methyl/N-ethyl adjacent to an activating group) is 1. The first-order valence-electron chi connectivity index (χ1n) is 12.7. The lowest BCUT2D eigenvalue weighted by molar-refractivity contribution is 0.0822. The van der Waals surface area contributed by atoms with E-state index in [0.29, 0.717) is 23.8 Å². The summed E-state index contributed by atoms with van der Waals surface area (Å²) < 4.78 is 4.12. The van der Waals surface area contributed by atoms with Crippen LogP contribution in [0.25, 0.3) is 16.9 Å². The average Bonchev–Trinajstić information content (AvgIpc) is 3.47. The van der Waals surface area contributed by atoms with Gasteiger partial charge in [-0.05, 0) is 51.6 Å². The molecule has 0 spiro atoms. The van der Waals surface area contributed by atoms with E-state index in [0.717, 1.165) is 48.2 Å². The fourth-order valence-electron chi connectivity index (χ4n) is 5.52. The predicted molar refractivity (Wildman–Crippen MR) is 145 cm³/mol. The SMILES string of the molecule is CC(C)C(c1ccc(Cl)cc1)N1C[C@H](C)N(c2nc3nncn3c3c2ncn3CCN(C)C)C[C@H]1C. The Labute approximate surface area is 217 Å². The van der Waals surface area contributed by atoms with Crippen molar-refractivity contribution in [2.24, 2.45) is 5.92 Å². The zero-order valence-electron chi connectivity index (χ0n) is 22.0. The molecule has 36 heavy (non-hydrogen) atoms. The number of benzene rings is 1. The number of halogens is 1. The van der Waals surface area contributed by atoms with Crippen LogP contribution in [0.5, 0.6) is 0 Å². The van der Waals surface area contributed by atoms with Gasteiger partial charge >= 0.3 is 0 Å². The lowest BCUT2D eigenvalue weighted by Crippen LogP contribution is -2.58. The first-order valence-corrected chi connectivity index (χ1v) is 13.1. The van der Waals surface area contributed by atoms with Crippen LogP contribution in [-0.4, -0.2) is 84.7 Å². The molecular formula is C26H36ClN9. The summed E-state index contributed by atoms with van der Waals surface area (Å²) in [6.07, 6.45) is 3.64. The molecule has 10 heteroatoms. The molecule has 0 aliphatic carbocycles. The van der Waals surface area contributed by atoms with Gasteiger partial charge in [-0.1, -0.05) is 37.6 Å². The summed E-state index contributed by atoms with van der Waals surface area (Å²) in [6, 6.07) is 9.23. The molecule has 3 aromatic heterocycles. The van der Waals surface area contributed by atoms with Gasteiger partial charge in [-0.15, -0.1) is 10.2 Å². The monoisotopic (exact) mass is 509 g/mol. The second-order valence-corrected chi connectivity index (χ2v) is 11.1. The maximum Gasteiger partial charge on any atom is 0.258 e. The van der Waals surface area contributed by atoms with E-state index >= 15 is 0 Å². The summed E-state index contributed by atoms with van der Waals surface area (Å²) >= 11 is 6.19. The number of piperazine rings is 1. The van der Waals surface area contributed by atoms with Crippen molar-refractivity contribution in [2.75, 3.05) is 38.6 Å². The number of nitrogens with zero attached hydrogens (tertiary/aromatic N) is 9. The van der Waals surface area contributed by atoms with Crippen LogP contribution in [0.4, 0.5) is 5.82 Å². The molecule has 4 aromatic rings. The molecule has 0 amide bonds. The highest BCUT2D eigenvalue weighted by molar-refractivity contribution is 6.30. The van der Waals surface area contributed by atoms with Gasteiger partial charge in [0.05, 0.1) is 6.33 Å². The van der Waals surface area contributed by atoms with E-state index in [1.165, 1.54) is 5.56 Å². The van der Waals surface area contributed by atoms with Crippen molar-refractivity contribution in [1.29, 1.82) is 0 Å². The Hall–Kier alpha value is -2.75. The third-order valence-electron chi connectivity index (χ3n) is 7.28. The molecule has 192 valence electrons. The number of aromatic nitrogens is 6. The van der Waals surface area contributed by atoms with E-state index in [2.05, 4.69) is 83.4 Å². The molecule has 0 radical (unpaired) electrons. The third-order valence-corrected chi connectivity index (χ3v) is 7.53. The van der Waals surface area contributed by atoms with Gasteiger partial charge in [0, 0.05) is 49.3 Å². The average molecular weight is 510 g/mol. The Morgan fingerprint density at radius 1 is 1.06 bits per heavy atom. The number of hydrogen-bond acceptors (Lipinski definition) is 7. The lowest BCUT2D eigenvalue weighted by atomic mass is 9.91. The topological polar surface area (TPSA) is 70.6 Å². The van der Waals surface area contributed by atoms with E-state index in [-0.39, 0.29) is 6.04 Å². The highest BCUT2D eigenvalue weighted by Crippen LogP contribution is 2.36. The van der Waals surface area contributed by atoms with Crippen LogP contribution in [-0.2, 0) is 6.54 Å². The van der Waals surface area contributed by atoms with Crippen LogP contribution in [0.3, 0.4) is 0 Å². The van der Waals surface area contributed by atoms with Crippen molar-refractivity contribution in [2.45, 2.75) is 52.4 Å². The molecular weight excluding hydrogens is 474 g/mol. The van der Waals surface area contributed by atoms with Gasteiger partial charge in [0.1, 0.15) is 11.8 Å². The van der Waals surface area contributed by atoms with Crippen LogP contribution >= 0.6 is 11.6 Å². The second kappa shape index (κ2) is 9.95. The van der Waals surface area contributed by atoms with E-state index in [1.807, 2.05) is 22.9 Å². The van der Waals surface area contributed by atoms with Crippen LogP contribution in [0.1, 0.15) is 39.3 Å². The number of imidazole rings is 1. The van der Waals surface area contributed by atoms with Crippen molar-refractivity contribution in [3.63, 3.8) is 0 Å². The summed E-state index contributed by atoms with van der Waals surface area (Å²) in [6.45, 7) is 12.7. The van der Waals surface area contributed by atoms with Crippen molar-refractivity contribution in [3.05, 3.63) is 47.5 Å². The first-order chi connectivity index (χ1) is 17.2. The molecule has 5 rings (SSSR count). The molecule has 1 aliphatic rings. The molecule has 1 saturated heterocycles. The van der Waals surface area contributed by atoms with Gasteiger partial charge in [-0.2, -0.15) is 4.98 Å². The van der Waals surface area contributed by atoms with Gasteiger partial charge in [-0.3, -0.25) is 4.90 Å². The minimum Gasteiger partial charge on any atom is -0.349 e. The van der Waals surface area contributed by atoms with Crippen molar-refractivity contribution in [1.82, 2.24) is 38.9 Å². The smallest absolute Gasteiger partial charge is 0.258 e. The van der Waals surface area contributed by atoms with Crippen molar-refractivity contribution >= 4 is 34.4 Å². The van der Waals surface area contributed by atoms with Gasteiger partial charge in [0.2, 0.25) is 0 Å². The molecule has 0 saturated carbocycles. The maximum atomic E-state index is 6.19. The van der Waals surface area contributed by atoms with Gasteiger partial charge in [0.15, 0.2) is 11.5 Å². The highest BCUT2D eigenvalue weighted by atomic mass is 35.5. The van der Waals surface area contributed by atoms with Crippen molar-refractivity contribution < 1.29 is 0 Å². The van der Waals surface area contributed by atoms with Gasteiger partial charge in [-0.25, -0.2) is 9.38 Å². The highest BCUT2D eigenvalue weighted by Gasteiger charge is 2.37. The Bertz CT molecular complexity index is 1330. The molecule has 1 unspecified atom stereocenters. The van der Waals surface area contributed by atoms with Crippen LogP contribution in [0.15, 0.2) is 36.9 Å². The quantitative estimate of drug-likeness (QED) is 0.373. The summed E-state index contributed by atoms with van der Waals surface area (Å²) in [7, 11) is 4.16. The van der Waals surface area contributed by atoms with Crippen molar-refractivity contribution in [3.8, 4) is 0 Å². The Balaban J connectivity index is 1.49. The fraction of sp³-hybridized carbons (Fsp3) is 0.538. The molecule has 9 nitrogen and oxygen atoms in total. The van der Waals surface area contributed by atoms with Crippen LogP contribution in [0, 0.1) is 5.92 Å². The zero-order chi connectivity index (χ0) is 25.6. The number of hydrogen-bond donors (Lipinski definition) is 0.